The van der Waals surface area contributed by atoms with Crippen molar-refractivity contribution in [2.75, 3.05) is 11.9 Å². The standard InChI is InChI=1S/C14H16FN3/c1-10-6-7-17-9-13(10)14(8-16)18-12-4-2-11(15)3-5-12/h2-7,9,14,18H,8,16H2,1H3. The maximum Gasteiger partial charge on any atom is 0.123 e. The molecule has 2 rings (SSSR count). The first-order valence-corrected chi connectivity index (χ1v) is 5.83. The fraction of sp³-hybridized carbons (Fsp3) is 0.214. The lowest BCUT2D eigenvalue weighted by Gasteiger charge is -2.20. The summed E-state index contributed by atoms with van der Waals surface area (Å²) >= 11 is 0. The van der Waals surface area contributed by atoms with Crippen LogP contribution in [0.25, 0.3) is 0 Å². The molecule has 1 aromatic carbocycles. The summed E-state index contributed by atoms with van der Waals surface area (Å²) in [5.74, 6) is -0.248. The molecule has 0 amide bonds. The number of aryl methyl sites for hydroxylation is 1. The molecule has 3 nitrogen and oxygen atoms in total. The lowest BCUT2D eigenvalue weighted by atomic mass is 10.0. The molecule has 0 aliphatic rings. The van der Waals surface area contributed by atoms with Gasteiger partial charge in [0.25, 0.3) is 0 Å². The largest absolute Gasteiger partial charge is 0.377 e. The SMILES string of the molecule is Cc1ccncc1C(CN)Nc1ccc(F)cc1. The van der Waals surface area contributed by atoms with Gasteiger partial charge in [0.05, 0.1) is 6.04 Å². The van der Waals surface area contributed by atoms with Crippen LogP contribution >= 0.6 is 0 Å². The zero-order valence-electron chi connectivity index (χ0n) is 10.2. The fourth-order valence-electron chi connectivity index (χ4n) is 1.85. The highest BCUT2D eigenvalue weighted by atomic mass is 19.1. The maximum absolute atomic E-state index is 12.8. The molecule has 3 N–H and O–H groups in total. The molecule has 1 aromatic heterocycles. The van der Waals surface area contributed by atoms with E-state index in [9.17, 15) is 4.39 Å². The summed E-state index contributed by atoms with van der Waals surface area (Å²) in [6.07, 6.45) is 3.56. The molecule has 0 fully saturated rings. The van der Waals surface area contributed by atoms with Crippen LogP contribution in [0.3, 0.4) is 0 Å². The van der Waals surface area contributed by atoms with Gasteiger partial charge in [0.15, 0.2) is 0 Å². The van der Waals surface area contributed by atoms with E-state index in [0.717, 1.165) is 16.8 Å². The molecule has 0 saturated carbocycles. The van der Waals surface area contributed by atoms with Gasteiger partial charge in [-0.3, -0.25) is 4.98 Å². The monoisotopic (exact) mass is 245 g/mol. The summed E-state index contributed by atoms with van der Waals surface area (Å²) in [7, 11) is 0. The van der Waals surface area contributed by atoms with E-state index in [0.29, 0.717) is 6.54 Å². The summed E-state index contributed by atoms with van der Waals surface area (Å²) in [6.45, 7) is 2.47. The van der Waals surface area contributed by atoms with Gasteiger partial charge in [0.2, 0.25) is 0 Å². The van der Waals surface area contributed by atoms with Crippen molar-refractivity contribution in [1.29, 1.82) is 0 Å². The van der Waals surface area contributed by atoms with E-state index in [1.54, 1.807) is 18.3 Å². The van der Waals surface area contributed by atoms with Gasteiger partial charge in [-0.25, -0.2) is 4.39 Å². The number of halogens is 1. The molecule has 18 heavy (non-hydrogen) atoms. The Kier molecular flexibility index (Phi) is 3.89. The molecule has 0 saturated heterocycles. The van der Waals surface area contributed by atoms with Crippen molar-refractivity contribution in [1.82, 2.24) is 4.98 Å². The second-order valence-corrected chi connectivity index (χ2v) is 4.17. The highest BCUT2D eigenvalue weighted by Gasteiger charge is 2.11. The Hall–Kier alpha value is -1.94. The summed E-state index contributed by atoms with van der Waals surface area (Å²) < 4.78 is 12.8. The molecule has 0 aliphatic heterocycles. The minimum atomic E-state index is -0.248. The Balaban J connectivity index is 2.20. The Morgan fingerprint density at radius 3 is 2.61 bits per heavy atom. The van der Waals surface area contributed by atoms with E-state index in [2.05, 4.69) is 10.3 Å². The van der Waals surface area contributed by atoms with Crippen LogP contribution in [0.4, 0.5) is 10.1 Å². The Labute approximate surface area is 106 Å². The normalized spacial score (nSPS) is 12.2. The number of hydrogen-bond acceptors (Lipinski definition) is 3. The number of pyridine rings is 1. The number of anilines is 1. The predicted octanol–water partition coefficient (Wildman–Crippen LogP) is 2.64. The second-order valence-electron chi connectivity index (χ2n) is 4.17. The van der Waals surface area contributed by atoms with E-state index >= 15 is 0 Å². The predicted molar refractivity (Wildman–Crippen MR) is 70.8 cm³/mol. The van der Waals surface area contributed by atoms with Crippen LogP contribution < -0.4 is 11.1 Å². The zero-order valence-corrected chi connectivity index (χ0v) is 10.2. The Morgan fingerprint density at radius 2 is 2.00 bits per heavy atom. The molecule has 2 aromatic rings. The molecule has 1 heterocycles. The van der Waals surface area contributed by atoms with Gasteiger partial charge < -0.3 is 11.1 Å². The molecular weight excluding hydrogens is 229 g/mol. The van der Waals surface area contributed by atoms with Crippen molar-refractivity contribution >= 4 is 5.69 Å². The smallest absolute Gasteiger partial charge is 0.123 e. The zero-order chi connectivity index (χ0) is 13.0. The molecule has 0 radical (unpaired) electrons. The van der Waals surface area contributed by atoms with Crippen LogP contribution in [0, 0.1) is 12.7 Å². The molecule has 1 unspecified atom stereocenters. The average Bonchev–Trinajstić information content (AvgIpc) is 2.39. The van der Waals surface area contributed by atoms with Gasteiger partial charge >= 0.3 is 0 Å². The Bertz CT molecular complexity index is 511. The molecule has 4 heteroatoms. The minimum absolute atomic E-state index is 0.0239. The van der Waals surface area contributed by atoms with Crippen LogP contribution in [0.1, 0.15) is 17.2 Å². The number of nitrogens with zero attached hydrogens (tertiary/aromatic N) is 1. The van der Waals surface area contributed by atoms with Gasteiger partial charge in [0, 0.05) is 24.6 Å². The second kappa shape index (κ2) is 5.60. The van der Waals surface area contributed by atoms with Crippen LogP contribution in [0.5, 0.6) is 0 Å². The molecule has 0 bridgehead atoms. The Morgan fingerprint density at radius 1 is 1.28 bits per heavy atom. The van der Waals surface area contributed by atoms with Gasteiger partial charge in [0.1, 0.15) is 5.82 Å². The number of hydrogen-bond donors (Lipinski definition) is 2. The van der Waals surface area contributed by atoms with Crippen LogP contribution in [0.15, 0.2) is 42.7 Å². The summed E-state index contributed by atoms with van der Waals surface area (Å²) in [5.41, 5.74) is 8.82. The van der Waals surface area contributed by atoms with Crippen LogP contribution in [0.2, 0.25) is 0 Å². The molecule has 0 aliphatic carbocycles. The van der Waals surface area contributed by atoms with Gasteiger partial charge in [-0.2, -0.15) is 0 Å². The van der Waals surface area contributed by atoms with Crippen molar-refractivity contribution in [3.63, 3.8) is 0 Å². The van der Waals surface area contributed by atoms with Crippen molar-refractivity contribution in [2.24, 2.45) is 5.73 Å². The fourth-order valence-corrected chi connectivity index (χ4v) is 1.85. The van der Waals surface area contributed by atoms with E-state index in [-0.39, 0.29) is 11.9 Å². The topological polar surface area (TPSA) is 50.9 Å². The number of nitrogens with one attached hydrogen (secondary N) is 1. The quantitative estimate of drug-likeness (QED) is 0.870. The number of nitrogens with two attached hydrogens (primary N) is 1. The molecule has 1 atom stereocenters. The van der Waals surface area contributed by atoms with Crippen molar-refractivity contribution in [2.45, 2.75) is 13.0 Å². The highest BCUT2D eigenvalue weighted by Crippen LogP contribution is 2.21. The molecular formula is C14H16FN3. The third-order valence-electron chi connectivity index (χ3n) is 2.88. The number of aromatic nitrogens is 1. The highest BCUT2D eigenvalue weighted by molar-refractivity contribution is 5.46. The van der Waals surface area contributed by atoms with Crippen LogP contribution in [-0.4, -0.2) is 11.5 Å². The van der Waals surface area contributed by atoms with Crippen molar-refractivity contribution in [3.8, 4) is 0 Å². The van der Waals surface area contributed by atoms with Gasteiger partial charge in [-0.05, 0) is 48.4 Å². The first-order chi connectivity index (χ1) is 8.70. The van der Waals surface area contributed by atoms with Crippen molar-refractivity contribution in [3.05, 3.63) is 59.7 Å². The third kappa shape index (κ3) is 2.84. The third-order valence-corrected chi connectivity index (χ3v) is 2.88. The van der Waals surface area contributed by atoms with Gasteiger partial charge in [-0.15, -0.1) is 0 Å². The summed E-state index contributed by atoms with van der Waals surface area (Å²) in [4.78, 5) is 4.11. The lowest BCUT2D eigenvalue weighted by molar-refractivity contribution is 0.628. The number of rotatable bonds is 4. The maximum atomic E-state index is 12.8. The average molecular weight is 245 g/mol. The summed E-state index contributed by atoms with van der Waals surface area (Å²) in [6, 6.07) is 8.17. The van der Waals surface area contributed by atoms with E-state index < -0.39 is 0 Å². The first-order valence-electron chi connectivity index (χ1n) is 5.83. The summed E-state index contributed by atoms with van der Waals surface area (Å²) in [5, 5.41) is 3.28. The molecule has 94 valence electrons. The number of benzene rings is 1. The molecule has 0 spiro atoms. The van der Waals surface area contributed by atoms with Gasteiger partial charge in [-0.1, -0.05) is 0 Å². The van der Waals surface area contributed by atoms with E-state index in [1.165, 1.54) is 12.1 Å². The minimum Gasteiger partial charge on any atom is -0.377 e. The first kappa shape index (κ1) is 12.5. The lowest BCUT2D eigenvalue weighted by Crippen LogP contribution is -2.21. The van der Waals surface area contributed by atoms with Crippen molar-refractivity contribution < 1.29 is 4.39 Å². The van der Waals surface area contributed by atoms with Crippen LogP contribution in [-0.2, 0) is 0 Å². The van der Waals surface area contributed by atoms with E-state index in [4.69, 9.17) is 5.73 Å². The van der Waals surface area contributed by atoms with E-state index in [1.807, 2.05) is 19.2 Å².